The number of rotatable bonds is 4. The average Bonchev–Trinajstić information content (AvgIpc) is 2.96. The maximum Gasteiger partial charge on any atom is 0.262 e. The van der Waals surface area contributed by atoms with Gasteiger partial charge >= 0.3 is 0 Å². The molecule has 6 heteroatoms. The van der Waals surface area contributed by atoms with Crippen molar-refractivity contribution in [3.63, 3.8) is 0 Å². The summed E-state index contributed by atoms with van der Waals surface area (Å²) >= 11 is 3.12. The standard InChI is InChI=1S/C14H11N3OS2/c15-6-10(13(18)16-11-1-2-11)5-12-8-20-14(17-12)9-3-4-19-7-9/h3-5,7-8,11H,1-2H2,(H,16,18). The third kappa shape index (κ3) is 2.95. The van der Waals surface area contributed by atoms with Crippen molar-refractivity contribution in [2.45, 2.75) is 18.9 Å². The Morgan fingerprint density at radius 1 is 1.50 bits per heavy atom. The summed E-state index contributed by atoms with van der Waals surface area (Å²) in [5.41, 5.74) is 1.83. The molecule has 2 aromatic heterocycles. The number of amides is 1. The molecule has 0 radical (unpaired) electrons. The van der Waals surface area contributed by atoms with Gasteiger partial charge in [0.15, 0.2) is 0 Å². The second-order valence-corrected chi connectivity index (χ2v) is 6.15. The molecule has 1 amide bonds. The van der Waals surface area contributed by atoms with Crippen molar-refractivity contribution >= 4 is 34.7 Å². The normalized spacial score (nSPS) is 14.8. The zero-order valence-corrected chi connectivity index (χ0v) is 12.1. The molecule has 20 heavy (non-hydrogen) atoms. The average molecular weight is 301 g/mol. The van der Waals surface area contributed by atoms with Crippen LogP contribution >= 0.6 is 22.7 Å². The number of thiazole rings is 1. The molecular formula is C14H11N3OS2. The first-order chi connectivity index (χ1) is 9.76. The second kappa shape index (κ2) is 5.57. The lowest BCUT2D eigenvalue weighted by atomic mass is 10.2. The van der Waals surface area contributed by atoms with E-state index in [-0.39, 0.29) is 17.5 Å². The molecule has 1 fully saturated rings. The van der Waals surface area contributed by atoms with Crippen LogP contribution in [0.4, 0.5) is 0 Å². The number of hydrogen-bond acceptors (Lipinski definition) is 5. The first-order valence-electron chi connectivity index (χ1n) is 6.17. The molecule has 3 rings (SSSR count). The molecule has 100 valence electrons. The fraction of sp³-hybridized carbons (Fsp3) is 0.214. The highest BCUT2D eigenvalue weighted by atomic mass is 32.1. The summed E-state index contributed by atoms with van der Waals surface area (Å²) in [5, 5.41) is 18.7. The van der Waals surface area contributed by atoms with Gasteiger partial charge in [-0.1, -0.05) is 0 Å². The highest BCUT2D eigenvalue weighted by Gasteiger charge is 2.24. The summed E-state index contributed by atoms with van der Waals surface area (Å²) in [5.74, 6) is -0.305. The molecule has 0 spiro atoms. The number of nitrogens with one attached hydrogen (secondary N) is 1. The Bertz CT molecular complexity index is 690. The molecule has 1 saturated carbocycles. The number of carbonyl (C=O) groups is 1. The number of carbonyl (C=O) groups excluding carboxylic acids is 1. The molecule has 2 heterocycles. The predicted molar refractivity (Wildman–Crippen MR) is 80.2 cm³/mol. The van der Waals surface area contributed by atoms with Gasteiger partial charge in [0.05, 0.1) is 5.69 Å². The summed E-state index contributed by atoms with van der Waals surface area (Å²) in [6.45, 7) is 0. The van der Waals surface area contributed by atoms with Crippen molar-refractivity contribution in [3.8, 4) is 16.6 Å². The highest BCUT2D eigenvalue weighted by Crippen LogP contribution is 2.26. The molecule has 1 aliphatic rings. The Kier molecular flexibility index (Phi) is 3.63. The topological polar surface area (TPSA) is 65.8 Å². The number of nitrogens with zero attached hydrogens (tertiary/aromatic N) is 2. The van der Waals surface area contributed by atoms with Gasteiger partial charge in [0.2, 0.25) is 0 Å². The third-order valence-electron chi connectivity index (χ3n) is 2.86. The fourth-order valence-corrected chi connectivity index (χ4v) is 3.15. The van der Waals surface area contributed by atoms with E-state index in [4.69, 9.17) is 5.26 Å². The van der Waals surface area contributed by atoms with Gasteiger partial charge in [-0.15, -0.1) is 11.3 Å². The van der Waals surface area contributed by atoms with Gasteiger partial charge < -0.3 is 5.32 Å². The molecule has 1 N–H and O–H groups in total. The van der Waals surface area contributed by atoms with Gasteiger partial charge in [-0.05, 0) is 30.4 Å². The number of hydrogen-bond donors (Lipinski definition) is 1. The molecule has 0 unspecified atom stereocenters. The van der Waals surface area contributed by atoms with Crippen LogP contribution in [0, 0.1) is 11.3 Å². The van der Waals surface area contributed by atoms with Gasteiger partial charge in [-0.2, -0.15) is 16.6 Å². The molecule has 0 aromatic carbocycles. The van der Waals surface area contributed by atoms with E-state index in [0.29, 0.717) is 5.69 Å². The minimum Gasteiger partial charge on any atom is -0.349 e. The SMILES string of the molecule is N#CC(=Cc1csc(-c2ccsc2)n1)C(=O)NC1CC1. The van der Waals surface area contributed by atoms with Crippen molar-refractivity contribution in [1.82, 2.24) is 10.3 Å². The number of nitriles is 1. The lowest BCUT2D eigenvalue weighted by Gasteiger charge is -1.99. The Hall–Kier alpha value is -1.97. The van der Waals surface area contributed by atoms with Crippen molar-refractivity contribution in [1.29, 1.82) is 5.26 Å². The lowest BCUT2D eigenvalue weighted by Crippen LogP contribution is -2.26. The monoisotopic (exact) mass is 301 g/mol. The summed E-state index contributed by atoms with van der Waals surface area (Å²) in [6.07, 6.45) is 3.55. The molecule has 1 aliphatic carbocycles. The molecule has 4 nitrogen and oxygen atoms in total. The highest BCUT2D eigenvalue weighted by molar-refractivity contribution is 7.14. The van der Waals surface area contributed by atoms with E-state index in [2.05, 4.69) is 10.3 Å². The molecule has 0 bridgehead atoms. The van der Waals surface area contributed by atoms with Crippen molar-refractivity contribution in [2.24, 2.45) is 0 Å². The minimum atomic E-state index is -0.305. The van der Waals surface area contributed by atoms with Gasteiger partial charge in [0.25, 0.3) is 5.91 Å². The third-order valence-corrected chi connectivity index (χ3v) is 4.45. The van der Waals surface area contributed by atoms with Crippen LogP contribution in [0.2, 0.25) is 0 Å². The van der Waals surface area contributed by atoms with Crippen LogP contribution in [-0.4, -0.2) is 16.9 Å². The Labute approximate surface area is 124 Å². The number of thiophene rings is 1. The van der Waals surface area contributed by atoms with Gasteiger partial charge in [-0.25, -0.2) is 4.98 Å². The quantitative estimate of drug-likeness (QED) is 0.697. The van der Waals surface area contributed by atoms with Gasteiger partial charge in [0.1, 0.15) is 16.6 Å². The summed E-state index contributed by atoms with van der Waals surface area (Å²) in [7, 11) is 0. The molecule has 0 aliphatic heterocycles. The summed E-state index contributed by atoms with van der Waals surface area (Å²) in [6, 6.07) is 4.19. The van der Waals surface area contributed by atoms with Crippen LogP contribution in [0.15, 0.2) is 27.8 Å². The van der Waals surface area contributed by atoms with E-state index in [1.54, 1.807) is 17.4 Å². The maximum atomic E-state index is 11.8. The Morgan fingerprint density at radius 3 is 3.00 bits per heavy atom. The molecule has 0 atom stereocenters. The van der Waals surface area contributed by atoms with Crippen LogP contribution in [0.3, 0.4) is 0 Å². The first-order valence-corrected chi connectivity index (χ1v) is 7.99. The summed E-state index contributed by atoms with van der Waals surface area (Å²) < 4.78 is 0. The largest absolute Gasteiger partial charge is 0.349 e. The van der Waals surface area contributed by atoms with E-state index < -0.39 is 0 Å². The van der Waals surface area contributed by atoms with Crippen LogP contribution in [0.25, 0.3) is 16.6 Å². The predicted octanol–water partition coefficient (Wildman–Crippen LogP) is 3.06. The van der Waals surface area contributed by atoms with Crippen molar-refractivity contribution in [2.75, 3.05) is 0 Å². The molecule has 0 saturated heterocycles. The Balaban J connectivity index is 1.79. The van der Waals surface area contributed by atoms with Crippen LogP contribution in [-0.2, 0) is 4.79 Å². The van der Waals surface area contributed by atoms with Crippen molar-refractivity contribution in [3.05, 3.63) is 33.5 Å². The van der Waals surface area contributed by atoms with Crippen molar-refractivity contribution < 1.29 is 4.79 Å². The smallest absolute Gasteiger partial charge is 0.262 e. The van der Waals surface area contributed by atoms with Gasteiger partial charge in [-0.3, -0.25) is 4.79 Å². The van der Waals surface area contributed by atoms with E-state index in [1.807, 2.05) is 28.3 Å². The Morgan fingerprint density at radius 2 is 2.35 bits per heavy atom. The fourth-order valence-electron chi connectivity index (χ4n) is 1.66. The first kappa shape index (κ1) is 13.0. The molecular weight excluding hydrogens is 290 g/mol. The zero-order chi connectivity index (χ0) is 13.9. The second-order valence-electron chi connectivity index (χ2n) is 4.51. The maximum absolute atomic E-state index is 11.8. The summed E-state index contributed by atoms with van der Waals surface area (Å²) in [4.78, 5) is 16.3. The lowest BCUT2D eigenvalue weighted by molar-refractivity contribution is -0.117. The minimum absolute atomic E-state index is 0.110. The zero-order valence-electron chi connectivity index (χ0n) is 10.5. The van der Waals surface area contributed by atoms with E-state index >= 15 is 0 Å². The van der Waals surface area contributed by atoms with E-state index in [9.17, 15) is 4.79 Å². The van der Waals surface area contributed by atoms with Gasteiger partial charge in [0, 0.05) is 22.4 Å². The van der Waals surface area contributed by atoms with Crippen LogP contribution in [0.1, 0.15) is 18.5 Å². The van der Waals surface area contributed by atoms with Crippen LogP contribution < -0.4 is 5.32 Å². The van der Waals surface area contributed by atoms with E-state index in [0.717, 1.165) is 23.4 Å². The molecule has 2 aromatic rings. The van der Waals surface area contributed by atoms with Crippen LogP contribution in [0.5, 0.6) is 0 Å². The van der Waals surface area contributed by atoms with E-state index in [1.165, 1.54) is 11.3 Å². The number of aromatic nitrogens is 1.